The van der Waals surface area contributed by atoms with Gasteiger partial charge in [0.1, 0.15) is 17.7 Å². The second-order valence-corrected chi connectivity index (χ2v) is 11.7. The maximum absolute atomic E-state index is 13.9. The summed E-state index contributed by atoms with van der Waals surface area (Å²) < 4.78 is 62.9. The van der Waals surface area contributed by atoms with Crippen molar-refractivity contribution < 1.29 is 31.5 Å². The minimum absolute atomic E-state index is 0.0326. The van der Waals surface area contributed by atoms with Crippen LogP contribution in [0.2, 0.25) is 0 Å². The molecule has 1 aliphatic heterocycles. The fourth-order valence-electron chi connectivity index (χ4n) is 4.49. The van der Waals surface area contributed by atoms with Gasteiger partial charge in [-0.05, 0) is 53.9 Å². The third-order valence-electron chi connectivity index (χ3n) is 6.47. The van der Waals surface area contributed by atoms with Crippen molar-refractivity contribution in [2.75, 3.05) is 29.9 Å². The van der Waals surface area contributed by atoms with Crippen LogP contribution in [0.3, 0.4) is 0 Å². The molecule has 0 unspecified atom stereocenters. The highest BCUT2D eigenvalue weighted by Crippen LogP contribution is 2.30. The number of carbonyl (C=O) groups is 2. The highest BCUT2D eigenvalue weighted by molar-refractivity contribution is 7.91. The first-order valence-electron chi connectivity index (χ1n) is 12.2. The Morgan fingerprint density at radius 1 is 1.15 bits per heavy atom. The standard InChI is InChI=1S/C26H24F2N6O5S2/c1-33(19-4-5-22-20(13-19)29-14-40-22)25(35)21(11-15-9-17(27)12-18(28)10-15)30-26(36)32-41(37,38)34-8-7-16-3-6-23(39-2)31-24(16)34/h3-6,9-10,12-14,21H,7-8,11H2,1-2H3,(H2,30,32,36)/t21-/m0/s1. The Morgan fingerprint density at radius 3 is 2.63 bits per heavy atom. The first kappa shape index (κ1) is 28.2. The smallest absolute Gasteiger partial charge is 0.330 e. The van der Waals surface area contributed by atoms with Crippen LogP contribution in [0, 0.1) is 11.6 Å². The second kappa shape index (κ2) is 11.2. The normalized spacial score (nSPS) is 13.5. The predicted octanol–water partition coefficient (Wildman–Crippen LogP) is 3.16. The summed E-state index contributed by atoms with van der Waals surface area (Å²) >= 11 is 1.43. The van der Waals surface area contributed by atoms with Gasteiger partial charge in [-0.25, -0.2) is 27.6 Å². The number of fused-ring (bicyclic) bond motifs is 2. The molecule has 2 aromatic carbocycles. The number of carbonyl (C=O) groups excluding carboxylic acids is 2. The summed E-state index contributed by atoms with van der Waals surface area (Å²) in [5.41, 5.74) is 3.50. The number of methoxy groups -OCH3 is 1. The number of halogens is 2. The lowest BCUT2D eigenvalue weighted by Gasteiger charge is -2.26. The molecule has 0 spiro atoms. The van der Waals surface area contributed by atoms with Gasteiger partial charge in [0.25, 0.3) is 0 Å². The Bertz CT molecular complexity index is 1730. The number of nitrogens with zero attached hydrogens (tertiary/aromatic N) is 4. The van der Waals surface area contributed by atoms with E-state index in [1.54, 1.807) is 35.8 Å². The number of hydrogen-bond donors (Lipinski definition) is 2. The van der Waals surface area contributed by atoms with Crippen LogP contribution in [0.15, 0.2) is 54.0 Å². The summed E-state index contributed by atoms with van der Waals surface area (Å²) in [6.07, 6.45) is 0.0464. The van der Waals surface area contributed by atoms with Crippen molar-refractivity contribution in [3.8, 4) is 5.88 Å². The van der Waals surface area contributed by atoms with E-state index in [0.717, 1.165) is 21.1 Å². The molecule has 214 valence electrons. The Balaban J connectivity index is 1.38. The van der Waals surface area contributed by atoms with Crippen LogP contribution in [0.5, 0.6) is 5.88 Å². The van der Waals surface area contributed by atoms with Crippen molar-refractivity contribution in [2.45, 2.75) is 18.9 Å². The zero-order chi connectivity index (χ0) is 29.3. The second-order valence-electron chi connectivity index (χ2n) is 9.18. The van der Waals surface area contributed by atoms with E-state index in [1.165, 1.54) is 30.4 Å². The first-order valence-corrected chi connectivity index (χ1v) is 14.6. The van der Waals surface area contributed by atoms with E-state index in [1.807, 2.05) is 4.72 Å². The van der Waals surface area contributed by atoms with Crippen molar-refractivity contribution in [2.24, 2.45) is 0 Å². The van der Waals surface area contributed by atoms with Crippen molar-refractivity contribution in [3.63, 3.8) is 0 Å². The Kier molecular flexibility index (Phi) is 7.73. The lowest BCUT2D eigenvalue weighted by atomic mass is 10.0. The number of urea groups is 1. The highest BCUT2D eigenvalue weighted by Gasteiger charge is 2.34. The number of benzene rings is 2. The van der Waals surface area contributed by atoms with Gasteiger partial charge in [-0.3, -0.25) is 4.79 Å². The van der Waals surface area contributed by atoms with Crippen molar-refractivity contribution >= 4 is 55.2 Å². The van der Waals surface area contributed by atoms with E-state index < -0.39 is 39.8 Å². The molecule has 41 heavy (non-hydrogen) atoms. The summed E-state index contributed by atoms with van der Waals surface area (Å²) in [6.45, 7) is 0.0326. The van der Waals surface area contributed by atoms with Gasteiger partial charge in [-0.15, -0.1) is 11.3 Å². The number of ether oxygens (including phenoxy) is 1. The fraction of sp³-hybridized carbons (Fsp3) is 0.231. The summed E-state index contributed by atoms with van der Waals surface area (Å²) in [5, 5.41) is 2.36. The predicted molar refractivity (Wildman–Crippen MR) is 149 cm³/mol. The zero-order valence-corrected chi connectivity index (χ0v) is 23.4. The van der Waals surface area contributed by atoms with Crippen molar-refractivity contribution in [3.05, 3.63) is 76.8 Å². The molecule has 2 aromatic heterocycles. The van der Waals surface area contributed by atoms with Gasteiger partial charge in [-0.2, -0.15) is 13.4 Å². The van der Waals surface area contributed by atoms with Gasteiger partial charge in [0.2, 0.25) is 11.8 Å². The molecule has 1 atom stereocenters. The molecule has 2 N–H and O–H groups in total. The number of nitrogens with one attached hydrogen (secondary N) is 2. The number of thiazole rings is 1. The number of hydrogen-bond acceptors (Lipinski definition) is 8. The summed E-state index contributed by atoms with van der Waals surface area (Å²) in [7, 11) is -1.59. The lowest BCUT2D eigenvalue weighted by molar-refractivity contribution is -0.120. The lowest BCUT2D eigenvalue weighted by Crippen LogP contribution is -2.54. The molecule has 0 fully saturated rings. The molecule has 0 saturated carbocycles. The molecule has 11 nitrogen and oxygen atoms in total. The minimum atomic E-state index is -4.44. The van der Waals surface area contributed by atoms with Crippen molar-refractivity contribution in [1.29, 1.82) is 0 Å². The van der Waals surface area contributed by atoms with Crippen LogP contribution in [0.4, 0.5) is 25.1 Å². The molecule has 5 rings (SSSR count). The quantitative estimate of drug-likeness (QED) is 0.317. The number of pyridine rings is 1. The third kappa shape index (κ3) is 6.05. The maximum atomic E-state index is 13.9. The van der Waals surface area contributed by atoms with Crippen LogP contribution >= 0.6 is 11.3 Å². The number of anilines is 2. The first-order chi connectivity index (χ1) is 19.5. The van der Waals surface area contributed by atoms with Crippen LogP contribution in [0.1, 0.15) is 11.1 Å². The fourth-order valence-corrected chi connectivity index (χ4v) is 6.27. The molecule has 0 saturated heterocycles. The molecule has 1 aliphatic rings. The topological polar surface area (TPSA) is 134 Å². The van der Waals surface area contributed by atoms with E-state index in [-0.39, 0.29) is 30.2 Å². The number of amides is 3. The molecular formula is C26H24F2N6O5S2. The zero-order valence-electron chi connectivity index (χ0n) is 21.8. The van der Waals surface area contributed by atoms with Crippen LogP contribution in [-0.4, -0.2) is 57.1 Å². The average molecular weight is 603 g/mol. The van der Waals surface area contributed by atoms with E-state index >= 15 is 0 Å². The molecular weight excluding hydrogens is 578 g/mol. The van der Waals surface area contributed by atoms with Gasteiger partial charge < -0.3 is 15.0 Å². The SMILES string of the molecule is COc1ccc2c(n1)N(S(=O)(=O)NC(=O)N[C@@H](Cc1cc(F)cc(F)c1)C(=O)N(C)c1ccc3scnc3c1)CC2. The van der Waals surface area contributed by atoms with Crippen molar-refractivity contribution in [1.82, 2.24) is 20.0 Å². The minimum Gasteiger partial charge on any atom is -0.481 e. The van der Waals surface area contributed by atoms with E-state index in [9.17, 15) is 26.8 Å². The van der Waals surface area contributed by atoms with Gasteiger partial charge in [-0.1, -0.05) is 0 Å². The Labute approximate surface area is 238 Å². The van der Waals surface area contributed by atoms with E-state index in [0.29, 0.717) is 29.3 Å². The van der Waals surface area contributed by atoms with E-state index in [2.05, 4.69) is 15.3 Å². The van der Waals surface area contributed by atoms with Crippen LogP contribution in [-0.2, 0) is 27.8 Å². The van der Waals surface area contributed by atoms with Crippen LogP contribution in [0.25, 0.3) is 10.2 Å². The van der Waals surface area contributed by atoms with Gasteiger partial charge in [0.15, 0.2) is 5.82 Å². The van der Waals surface area contributed by atoms with Crippen LogP contribution < -0.4 is 24.0 Å². The Morgan fingerprint density at radius 2 is 1.90 bits per heavy atom. The number of aromatic nitrogens is 2. The monoisotopic (exact) mass is 602 g/mol. The van der Waals surface area contributed by atoms with Gasteiger partial charge in [0.05, 0.1) is 22.8 Å². The summed E-state index contributed by atoms with van der Waals surface area (Å²) in [5.74, 6) is -2.08. The Hall–Kier alpha value is -4.37. The molecule has 0 bridgehead atoms. The number of likely N-dealkylation sites (N-methyl/N-ethyl adjacent to an activating group) is 1. The molecule has 3 amide bonds. The van der Waals surface area contributed by atoms with Gasteiger partial charge in [0, 0.05) is 37.8 Å². The summed E-state index contributed by atoms with van der Waals surface area (Å²) in [6, 6.07) is 8.57. The van der Waals surface area contributed by atoms with Gasteiger partial charge >= 0.3 is 16.2 Å². The third-order valence-corrected chi connectivity index (χ3v) is 8.66. The largest absolute Gasteiger partial charge is 0.481 e. The van der Waals surface area contributed by atoms with E-state index in [4.69, 9.17) is 4.74 Å². The molecule has 0 aliphatic carbocycles. The molecule has 4 aromatic rings. The highest BCUT2D eigenvalue weighted by atomic mass is 32.2. The molecule has 3 heterocycles. The summed E-state index contributed by atoms with van der Waals surface area (Å²) in [4.78, 5) is 36.2. The average Bonchev–Trinajstić information content (AvgIpc) is 3.57. The molecule has 0 radical (unpaired) electrons. The molecule has 15 heteroatoms. The number of rotatable bonds is 8. The maximum Gasteiger partial charge on any atom is 0.330 e.